The molecule has 1 unspecified atom stereocenters. The maximum absolute atomic E-state index is 5.55. The van der Waals surface area contributed by atoms with Crippen molar-refractivity contribution >= 4 is 15.9 Å². The predicted molar refractivity (Wildman–Crippen MR) is 55.9 cm³/mol. The van der Waals surface area contributed by atoms with Crippen LogP contribution in [0.2, 0.25) is 0 Å². The topological polar surface area (TPSA) is 9.23 Å². The summed E-state index contributed by atoms with van der Waals surface area (Å²) in [4.78, 5) is 0. The van der Waals surface area contributed by atoms with Crippen molar-refractivity contribution in [1.29, 1.82) is 0 Å². The standard InChI is InChI=1S/C10H19BrO/c11-8-4-2-1-3-6-10-7-5-9-12-10/h10H,1-9H2. The molecule has 0 N–H and O–H groups in total. The van der Waals surface area contributed by atoms with E-state index in [9.17, 15) is 0 Å². The molecule has 1 fully saturated rings. The summed E-state index contributed by atoms with van der Waals surface area (Å²) in [5.74, 6) is 0. The summed E-state index contributed by atoms with van der Waals surface area (Å²) in [6.45, 7) is 1.01. The average molecular weight is 235 g/mol. The van der Waals surface area contributed by atoms with Gasteiger partial charge in [-0.1, -0.05) is 35.2 Å². The van der Waals surface area contributed by atoms with E-state index < -0.39 is 0 Å². The highest BCUT2D eigenvalue weighted by molar-refractivity contribution is 9.09. The van der Waals surface area contributed by atoms with E-state index in [1.807, 2.05) is 0 Å². The van der Waals surface area contributed by atoms with Gasteiger partial charge in [-0.25, -0.2) is 0 Å². The molecule has 1 rings (SSSR count). The highest BCUT2D eigenvalue weighted by atomic mass is 79.9. The molecule has 1 aliphatic heterocycles. The summed E-state index contributed by atoms with van der Waals surface area (Å²) < 4.78 is 5.55. The van der Waals surface area contributed by atoms with Crippen molar-refractivity contribution in [3.63, 3.8) is 0 Å². The van der Waals surface area contributed by atoms with Gasteiger partial charge in [0, 0.05) is 11.9 Å². The molecular weight excluding hydrogens is 216 g/mol. The van der Waals surface area contributed by atoms with Crippen molar-refractivity contribution in [2.45, 2.75) is 51.0 Å². The van der Waals surface area contributed by atoms with E-state index in [-0.39, 0.29) is 0 Å². The highest BCUT2D eigenvalue weighted by Gasteiger charge is 2.13. The number of hydrogen-bond acceptors (Lipinski definition) is 1. The van der Waals surface area contributed by atoms with Crippen molar-refractivity contribution in [2.75, 3.05) is 11.9 Å². The molecule has 1 atom stereocenters. The first-order valence-corrected chi connectivity index (χ1v) is 6.23. The van der Waals surface area contributed by atoms with Crippen molar-refractivity contribution in [3.05, 3.63) is 0 Å². The van der Waals surface area contributed by atoms with E-state index in [0.717, 1.165) is 11.9 Å². The van der Waals surface area contributed by atoms with E-state index in [1.54, 1.807) is 0 Å². The first-order chi connectivity index (χ1) is 5.93. The molecule has 0 aromatic rings. The van der Waals surface area contributed by atoms with Gasteiger partial charge in [0.25, 0.3) is 0 Å². The molecule has 0 spiro atoms. The Bertz CT molecular complexity index is 100. The van der Waals surface area contributed by atoms with Crippen molar-refractivity contribution in [3.8, 4) is 0 Å². The number of halogens is 1. The minimum atomic E-state index is 0.606. The largest absolute Gasteiger partial charge is 0.378 e. The molecule has 0 saturated carbocycles. The lowest BCUT2D eigenvalue weighted by Gasteiger charge is -2.07. The Morgan fingerprint density at radius 1 is 1.17 bits per heavy atom. The smallest absolute Gasteiger partial charge is 0.0576 e. The van der Waals surface area contributed by atoms with Gasteiger partial charge in [-0.05, 0) is 25.7 Å². The van der Waals surface area contributed by atoms with Gasteiger partial charge in [0.15, 0.2) is 0 Å². The number of hydrogen-bond donors (Lipinski definition) is 0. The summed E-state index contributed by atoms with van der Waals surface area (Å²) in [6.07, 6.45) is 9.92. The van der Waals surface area contributed by atoms with Crippen LogP contribution >= 0.6 is 15.9 Å². The maximum Gasteiger partial charge on any atom is 0.0576 e. The van der Waals surface area contributed by atoms with Gasteiger partial charge < -0.3 is 4.74 Å². The molecule has 1 heterocycles. The average Bonchev–Trinajstić information content (AvgIpc) is 2.57. The van der Waals surface area contributed by atoms with Crippen LogP contribution in [0.25, 0.3) is 0 Å². The van der Waals surface area contributed by atoms with Gasteiger partial charge in [0.05, 0.1) is 6.10 Å². The zero-order valence-corrected chi connectivity index (χ0v) is 9.31. The number of unbranched alkanes of at least 4 members (excludes halogenated alkanes) is 3. The lowest BCUT2D eigenvalue weighted by atomic mass is 10.1. The fourth-order valence-electron chi connectivity index (χ4n) is 1.69. The second-order valence-corrected chi connectivity index (χ2v) is 4.32. The Labute approximate surface area is 84.0 Å². The highest BCUT2D eigenvalue weighted by Crippen LogP contribution is 2.18. The van der Waals surface area contributed by atoms with E-state index in [4.69, 9.17) is 4.74 Å². The van der Waals surface area contributed by atoms with Gasteiger partial charge in [-0.15, -0.1) is 0 Å². The Balaban J connectivity index is 1.81. The lowest BCUT2D eigenvalue weighted by molar-refractivity contribution is 0.102. The van der Waals surface area contributed by atoms with E-state index >= 15 is 0 Å². The van der Waals surface area contributed by atoms with Crippen LogP contribution in [-0.2, 0) is 4.74 Å². The molecule has 2 heteroatoms. The maximum atomic E-state index is 5.55. The van der Waals surface area contributed by atoms with Crippen LogP contribution in [0, 0.1) is 0 Å². The van der Waals surface area contributed by atoms with Crippen LogP contribution in [0.4, 0.5) is 0 Å². The van der Waals surface area contributed by atoms with Crippen LogP contribution in [0.5, 0.6) is 0 Å². The van der Waals surface area contributed by atoms with Crippen LogP contribution in [0.1, 0.15) is 44.9 Å². The predicted octanol–water partition coefficient (Wildman–Crippen LogP) is 3.51. The molecular formula is C10H19BrO. The van der Waals surface area contributed by atoms with E-state index in [2.05, 4.69) is 15.9 Å². The van der Waals surface area contributed by atoms with E-state index in [1.165, 1.54) is 44.9 Å². The van der Waals surface area contributed by atoms with Gasteiger partial charge in [0.1, 0.15) is 0 Å². The van der Waals surface area contributed by atoms with Crippen molar-refractivity contribution in [1.82, 2.24) is 0 Å². The Morgan fingerprint density at radius 2 is 2.00 bits per heavy atom. The lowest BCUT2D eigenvalue weighted by Crippen LogP contribution is -2.03. The SMILES string of the molecule is BrCCCCCCC1CCCO1. The van der Waals surface area contributed by atoms with Crippen LogP contribution in [0.3, 0.4) is 0 Å². The summed E-state index contributed by atoms with van der Waals surface area (Å²) >= 11 is 3.44. The first-order valence-electron chi connectivity index (χ1n) is 5.11. The van der Waals surface area contributed by atoms with Gasteiger partial charge in [-0.2, -0.15) is 0 Å². The van der Waals surface area contributed by atoms with Crippen molar-refractivity contribution in [2.24, 2.45) is 0 Å². The molecule has 12 heavy (non-hydrogen) atoms. The molecule has 0 bridgehead atoms. The quantitative estimate of drug-likeness (QED) is 0.505. The zero-order valence-electron chi connectivity index (χ0n) is 7.73. The third-order valence-electron chi connectivity index (χ3n) is 2.43. The first kappa shape index (κ1) is 10.5. The zero-order chi connectivity index (χ0) is 8.65. The van der Waals surface area contributed by atoms with Gasteiger partial charge >= 0.3 is 0 Å². The molecule has 0 aliphatic carbocycles. The Morgan fingerprint density at radius 3 is 2.67 bits per heavy atom. The summed E-state index contributed by atoms with van der Waals surface area (Å²) in [7, 11) is 0. The Hall–Kier alpha value is 0.440. The molecule has 0 radical (unpaired) electrons. The molecule has 1 aliphatic rings. The molecule has 0 aromatic carbocycles. The molecule has 72 valence electrons. The molecule has 1 saturated heterocycles. The summed E-state index contributed by atoms with van der Waals surface area (Å²) in [5, 5.41) is 1.16. The molecule has 0 amide bonds. The monoisotopic (exact) mass is 234 g/mol. The number of rotatable bonds is 6. The fraction of sp³-hybridized carbons (Fsp3) is 1.00. The van der Waals surface area contributed by atoms with Crippen LogP contribution in [0.15, 0.2) is 0 Å². The number of alkyl halides is 1. The summed E-state index contributed by atoms with van der Waals surface area (Å²) in [6, 6.07) is 0. The second kappa shape index (κ2) is 6.90. The minimum absolute atomic E-state index is 0.606. The summed E-state index contributed by atoms with van der Waals surface area (Å²) in [5.41, 5.74) is 0. The number of ether oxygens (including phenoxy) is 1. The van der Waals surface area contributed by atoms with Gasteiger partial charge in [-0.3, -0.25) is 0 Å². The van der Waals surface area contributed by atoms with Crippen LogP contribution in [-0.4, -0.2) is 18.0 Å². The molecule has 1 nitrogen and oxygen atoms in total. The Kier molecular flexibility index (Phi) is 6.05. The fourth-order valence-corrected chi connectivity index (χ4v) is 2.09. The minimum Gasteiger partial charge on any atom is -0.378 e. The third kappa shape index (κ3) is 4.46. The van der Waals surface area contributed by atoms with Gasteiger partial charge in [0.2, 0.25) is 0 Å². The molecule has 0 aromatic heterocycles. The normalized spacial score (nSPS) is 23.2. The third-order valence-corrected chi connectivity index (χ3v) is 2.99. The van der Waals surface area contributed by atoms with Crippen molar-refractivity contribution < 1.29 is 4.74 Å². The van der Waals surface area contributed by atoms with Crippen LogP contribution < -0.4 is 0 Å². The van der Waals surface area contributed by atoms with E-state index in [0.29, 0.717) is 6.10 Å². The second-order valence-electron chi connectivity index (χ2n) is 3.53.